The van der Waals surface area contributed by atoms with E-state index in [0.29, 0.717) is 0 Å². The molecule has 0 aliphatic heterocycles. The van der Waals surface area contributed by atoms with Crippen LogP contribution in [0.25, 0.3) is 32.7 Å². The van der Waals surface area contributed by atoms with Crippen LogP contribution < -0.4 is 0 Å². The minimum absolute atomic E-state index is 0. The second-order valence-electron chi connectivity index (χ2n) is 9.84. The van der Waals surface area contributed by atoms with Crippen molar-refractivity contribution in [3.63, 3.8) is 0 Å². The molecule has 0 spiro atoms. The van der Waals surface area contributed by atoms with Crippen LogP contribution in [0.15, 0.2) is 127 Å². The van der Waals surface area contributed by atoms with Gasteiger partial charge in [-0.15, -0.1) is 75.1 Å². The number of hydrogen-bond acceptors (Lipinski definition) is 0. The summed E-state index contributed by atoms with van der Waals surface area (Å²) in [6, 6.07) is 47.1. The molecule has 0 atom stereocenters. The van der Waals surface area contributed by atoms with Gasteiger partial charge in [-0.1, -0.05) is 88.6 Å². The van der Waals surface area contributed by atoms with Crippen LogP contribution in [0, 0.1) is 34.3 Å². The first-order chi connectivity index (χ1) is 21.1. The Bertz CT molecular complexity index is 1410. The zero-order valence-electron chi connectivity index (χ0n) is 27.6. The molecule has 0 heterocycles. The fourth-order valence-corrected chi connectivity index (χ4v) is 4.02. The Morgan fingerprint density at radius 1 is 0.682 bits per heavy atom. The molecule has 0 N–H and O–H groups in total. The first-order valence-electron chi connectivity index (χ1n) is 15.2. The molecule has 44 heavy (non-hydrogen) atoms. The smallest absolute Gasteiger partial charge is 0.171 e. The zero-order chi connectivity index (χ0) is 31.7. The van der Waals surface area contributed by atoms with Crippen molar-refractivity contribution in [1.82, 2.24) is 0 Å². The van der Waals surface area contributed by atoms with Crippen molar-refractivity contribution in [1.29, 1.82) is 0 Å². The van der Waals surface area contributed by atoms with Crippen LogP contribution >= 0.6 is 0 Å². The summed E-state index contributed by atoms with van der Waals surface area (Å²) in [5.74, 6) is 0. The number of unbranched alkanes of at least 4 members (excludes halogenated alkanes) is 2. The molecule has 0 nitrogen and oxygen atoms in total. The monoisotopic (exact) mass is 672 g/mol. The third-order valence-corrected chi connectivity index (χ3v) is 6.38. The Hall–Kier alpha value is -2.80. The Morgan fingerprint density at radius 3 is 1.73 bits per heavy atom. The van der Waals surface area contributed by atoms with E-state index in [1.54, 1.807) is 0 Å². The normalized spacial score (nSPS) is 9.11. The first-order valence-corrected chi connectivity index (χ1v) is 19.4. The van der Waals surface area contributed by atoms with E-state index in [4.69, 9.17) is 0 Å². The molecule has 0 aliphatic carbocycles. The SMILES string of the molecule is CCc1cc2ccccc2[cH-]1.Cc1cc2c(-c3ccccc3)cccc2[cH-]1.[CH2-]CCC.[CH2-]CCC.[CH3-].[Si]=[Zr].[c-]1ccccc1. The molecule has 0 bridgehead atoms. The molecule has 2 heteroatoms. The molecule has 232 valence electrons. The third kappa shape index (κ3) is 15.8. The third-order valence-electron chi connectivity index (χ3n) is 6.38. The Balaban J connectivity index is 0.000000575. The number of rotatable bonds is 4. The van der Waals surface area contributed by atoms with E-state index >= 15 is 0 Å². The zero-order valence-corrected chi connectivity index (χ0v) is 31.0. The van der Waals surface area contributed by atoms with Crippen LogP contribution in [0.2, 0.25) is 0 Å². The second-order valence-corrected chi connectivity index (χ2v) is 9.84. The summed E-state index contributed by atoms with van der Waals surface area (Å²) in [7, 11) is 0. The first kappa shape index (κ1) is 41.2. The van der Waals surface area contributed by atoms with Gasteiger partial charge in [-0.3, -0.25) is 0 Å². The summed E-state index contributed by atoms with van der Waals surface area (Å²) >= 11 is 1.36. The van der Waals surface area contributed by atoms with Crippen LogP contribution in [0.4, 0.5) is 0 Å². The number of aryl methyl sites for hydroxylation is 2. The molecule has 6 aromatic carbocycles. The Morgan fingerprint density at radius 2 is 1.23 bits per heavy atom. The predicted molar refractivity (Wildman–Crippen MR) is 197 cm³/mol. The average Bonchev–Trinajstić information content (AvgIpc) is 3.70. The van der Waals surface area contributed by atoms with E-state index in [0.717, 1.165) is 19.3 Å². The van der Waals surface area contributed by atoms with E-state index in [1.807, 2.05) is 30.3 Å². The maximum atomic E-state index is 3.60. The van der Waals surface area contributed by atoms with Gasteiger partial charge < -0.3 is 21.3 Å². The Labute approximate surface area is 286 Å². The van der Waals surface area contributed by atoms with Crippen molar-refractivity contribution in [3.8, 4) is 11.1 Å². The van der Waals surface area contributed by atoms with Gasteiger partial charge in [0.05, 0.1) is 0 Å². The summed E-state index contributed by atoms with van der Waals surface area (Å²) < 4.78 is 0. The van der Waals surface area contributed by atoms with E-state index in [2.05, 4.69) is 152 Å². The van der Waals surface area contributed by atoms with Gasteiger partial charge in [0.2, 0.25) is 0 Å². The summed E-state index contributed by atoms with van der Waals surface area (Å²) in [6.07, 6.45) is 5.69. The van der Waals surface area contributed by atoms with Gasteiger partial charge in [-0.05, 0) is 12.0 Å². The summed E-state index contributed by atoms with van der Waals surface area (Å²) in [6.45, 7) is 18.8. The van der Waals surface area contributed by atoms with Crippen LogP contribution in [-0.4, -0.2) is 6.88 Å². The molecule has 0 fully saturated rings. The summed E-state index contributed by atoms with van der Waals surface area (Å²) in [5.41, 5.74) is 5.38. The van der Waals surface area contributed by atoms with E-state index in [-0.39, 0.29) is 7.43 Å². The molecule has 0 aromatic heterocycles. The standard InChI is InChI=1S/C16H13.C11H11.C6H5.2C4H9.CH3.Si.Zr/c1-12-10-14-8-5-9-15(16(14)11-12)13-6-3-2-4-7-13;1-2-9-7-10-5-3-4-6-11(10)8-9;1-2-4-6-5-3-1;2*1-3-4-2;;;/h2-11H,1H3;3-8H,2H2,1H3;1-5H;2*1,3-4H2,2H3;1H3;;/q6*-1;;. The van der Waals surface area contributed by atoms with Gasteiger partial charge in [0.25, 0.3) is 0 Å². The summed E-state index contributed by atoms with van der Waals surface area (Å²) in [4.78, 5) is 0. The fourth-order valence-electron chi connectivity index (χ4n) is 4.02. The molecular formula is C42H50SiZr-6. The van der Waals surface area contributed by atoms with Crippen LogP contribution in [-0.2, 0) is 29.8 Å². The van der Waals surface area contributed by atoms with Crippen molar-refractivity contribution < 1.29 is 23.3 Å². The number of hydrogen-bond donors (Lipinski definition) is 0. The molecule has 0 unspecified atom stereocenters. The number of fused-ring (bicyclic) bond motifs is 2. The molecule has 0 aliphatic rings. The van der Waals surface area contributed by atoms with Crippen molar-refractivity contribution in [2.75, 3.05) is 0 Å². The quantitative estimate of drug-likeness (QED) is 0.129. The minimum Gasteiger partial charge on any atom is -0.184 e. The van der Waals surface area contributed by atoms with Crippen molar-refractivity contribution in [2.45, 2.75) is 59.8 Å². The molecular weight excluding hydrogens is 624 g/mol. The molecule has 0 saturated heterocycles. The maximum Gasteiger partial charge on any atom is -0.171 e. The summed E-state index contributed by atoms with van der Waals surface area (Å²) in [5, 5.41) is 5.42. The maximum absolute atomic E-state index is 3.60. The number of benzene rings is 4. The molecule has 6 aromatic rings. The molecule has 0 amide bonds. The second kappa shape index (κ2) is 26.6. The Kier molecular flexibility index (Phi) is 24.9. The minimum atomic E-state index is 0. The van der Waals surface area contributed by atoms with Gasteiger partial charge in [0.1, 0.15) is 0 Å². The molecule has 6 rings (SSSR count). The molecule has 2 radical (unpaired) electrons. The predicted octanol–water partition coefficient (Wildman–Crippen LogP) is 12.5. The van der Waals surface area contributed by atoms with Gasteiger partial charge in [-0.2, -0.15) is 61.4 Å². The van der Waals surface area contributed by atoms with Crippen molar-refractivity contribution in [3.05, 3.63) is 166 Å². The van der Waals surface area contributed by atoms with E-state index in [9.17, 15) is 0 Å². The van der Waals surface area contributed by atoms with Crippen LogP contribution in [0.1, 0.15) is 57.6 Å². The van der Waals surface area contributed by atoms with E-state index in [1.165, 1.54) is 80.0 Å². The van der Waals surface area contributed by atoms with Gasteiger partial charge in [0, 0.05) is 0 Å². The van der Waals surface area contributed by atoms with Crippen LogP contribution in [0.5, 0.6) is 0 Å². The van der Waals surface area contributed by atoms with Crippen LogP contribution in [0.3, 0.4) is 0 Å². The molecule has 0 saturated carbocycles. The van der Waals surface area contributed by atoms with Gasteiger partial charge in [-0.25, -0.2) is 0 Å². The largest absolute Gasteiger partial charge is 0.184 e. The van der Waals surface area contributed by atoms with Crippen molar-refractivity contribution >= 4 is 28.4 Å². The fraction of sp³-hybridized carbons (Fsp3) is 0.214. The average molecular weight is 674 g/mol. The topological polar surface area (TPSA) is 0 Å². The van der Waals surface area contributed by atoms with E-state index < -0.39 is 0 Å². The van der Waals surface area contributed by atoms with Crippen molar-refractivity contribution in [2.24, 2.45) is 0 Å². The van der Waals surface area contributed by atoms with Gasteiger partial charge >= 0.3 is 30.2 Å². The van der Waals surface area contributed by atoms with Gasteiger partial charge in [0.15, 0.2) is 0 Å².